The molecule has 17 heavy (non-hydrogen) atoms. The van der Waals surface area contributed by atoms with Crippen molar-refractivity contribution in [2.24, 2.45) is 0 Å². The van der Waals surface area contributed by atoms with Gasteiger partial charge in [-0.2, -0.15) is 4.31 Å². The zero-order valence-electron chi connectivity index (χ0n) is 9.96. The maximum absolute atomic E-state index is 12.0. The molecule has 0 radical (unpaired) electrons. The van der Waals surface area contributed by atoms with E-state index >= 15 is 0 Å². The highest BCUT2D eigenvalue weighted by molar-refractivity contribution is 7.89. The fourth-order valence-electron chi connectivity index (χ4n) is 2.29. The minimum Gasteiger partial charge on any atom is -0.398 e. The summed E-state index contributed by atoms with van der Waals surface area (Å²) in [6.45, 7) is 2.49. The number of hydrogen-bond acceptors (Lipinski definition) is 3. The lowest BCUT2D eigenvalue weighted by Gasteiger charge is -2.32. The van der Waals surface area contributed by atoms with E-state index in [1.165, 1.54) is 0 Å². The standard InChI is InChI=1S/C12H18N2O2S/c1-10(11-6-2-3-7-12(11)13)14-8-4-5-9-17(14,15)16/h2-3,6-7,10H,4-5,8-9,13H2,1H3. The minimum absolute atomic E-state index is 0.179. The van der Waals surface area contributed by atoms with Crippen molar-refractivity contribution in [2.75, 3.05) is 18.0 Å². The van der Waals surface area contributed by atoms with Gasteiger partial charge in [-0.15, -0.1) is 0 Å². The molecule has 1 aliphatic heterocycles. The maximum atomic E-state index is 12.0. The Labute approximate surface area is 102 Å². The van der Waals surface area contributed by atoms with Crippen molar-refractivity contribution in [1.82, 2.24) is 4.31 Å². The lowest BCUT2D eigenvalue weighted by atomic mass is 10.1. The molecule has 4 nitrogen and oxygen atoms in total. The average molecular weight is 254 g/mol. The highest BCUT2D eigenvalue weighted by atomic mass is 32.2. The minimum atomic E-state index is -3.11. The number of benzene rings is 1. The number of nitrogens with two attached hydrogens (primary N) is 1. The smallest absolute Gasteiger partial charge is 0.214 e. The first-order valence-electron chi connectivity index (χ1n) is 5.86. The van der Waals surface area contributed by atoms with Crippen LogP contribution in [0.4, 0.5) is 5.69 Å². The number of nitrogen functional groups attached to an aromatic ring is 1. The first kappa shape index (κ1) is 12.4. The van der Waals surface area contributed by atoms with Gasteiger partial charge in [0, 0.05) is 18.3 Å². The van der Waals surface area contributed by atoms with E-state index in [0.29, 0.717) is 12.2 Å². The van der Waals surface area contributed by atoms with Crippen LogP contribution in [0.25, 0.3) is 0 Å². The van der Waals surface area contributed by atoms with E-state index in [1.807, 2.05) is 31.2 Å². The molecule has 1 fully saturated rings. The van der Waals surface area contributed by atoms with Crippen LogP contribution in [0.1, 0.15) is 31.4 Å². The molecule has 0 amide bonds. The Kier molecular flexibility index (Phi) is 3.40. The summed E-state index contributed by atoms with van der Waals surface area (Å²) in [4.78, 5) is 0. The van der Waals surface area contributed by atoms with E-state index in [0.717, 1.165) is 18.4 Å². The van der Waals surface area contributed by atoms with Crippen LogP contribution in [0.3, 0.4) is 0 Å². The van der Waals surface area contributed by atoms with Gasteiger partial charge in [-0.3, -0.25) is 0 Å². The van der Waals surface area contributed by atoms with Crippen LogP contribution in [0.5, 0.6) is 0 Å². The molecule has 0 saturated carbocycles. The number of anilines is 1. The van der Waals surface area contributed by atoms with E-state index in [4.69, 9.17) is 5.73 Å². The highest BCUT2D eigenvalue weighted by Gasteiger charge is 2.31. The second kappa shape index (κ2) is 4.66. The summed E-state index contributed by atoms with van der Waals surface area (Å²) in [5.74, 6) is 0.254. The summed E-state index contributed by atoms with van der Waals surface area (Å²) in [6.07, 6.45) is 1.69. The van der Waals surface area contributed by atoms with Gasteiger partial charge >= 0.3 is 0 Å². The molecule has 94 valence electrons. The van der Waals surface area contributed by atoms with Crippen LogP contribution in [0, 0.1) is 0 Å². The Morgan fingerprint density at radius 1 is 1.29 bits per heavy atom. The van der Waals surface area contributed by atoms with Gasteiger partial charge in [0.1, 0.15) is 0 Å². The van der Waals surface area contributed by atoms with Crippen molar-refractivity contribution >= 4 is 15.7 Å². The van der Waals surface area contributed by atoms with Gasteiger partial charge in [0.2, 0.25) is 10.0 Å². The average Bonchev–Trinajstić information content (AvgIpc) is 2.28. The first-order valence-corrected chi connectivity index (χ1v) is 7.47. The Morgan fingerprint density at radius 2 is 2.00 bits per heavy atom. The number of para-hydroxylation sites is 1. The van der Waals surface area contributed by atoms with Crippen molar-refractivity contribution in [3.8, 4) is 0 Å². The van der Waals surface area contributed by atoms with Gasteiger partial charge < -0.3 is 5.73 Å². The van der Waals surface area contributed by atoms with Crippen molar-refractivity contribution in [2.45, 2.75) is 25.8 Å². The molecule has 2 rings (SSSR count). The largest absolute Gasteiger partial charge is 0.398 e. The third kappa shape index (κ3) is 2.45. The quantitative estimate of drug-likeness (QED) is 0.818. The van der Waals surface area contributed by atoms with Crippen molar-refractivity contribution in [3.63, 3.8) is 0 Å². The first-order chi connectivity index (χ1) is 8.02. The molecule has 0 aromatic heterocycles. The fraction of sp³-hybridized carbons (Fsp3) is 0.500. The molecular weight excluding hydrogens is 236 g/mol. The van der Waals surface area contributed by atoms with Gasteiger partial charge in [-0.05, 0) is 31.4 Å². The Morgan fingerprint density at radius 3 is 2.65 bits per heavy atom. The number of nitrogens with zero attached hydrogens (tertiary/aromatic N) is 1. The number of sulfonamides is 1. The van der Waals surface area contributed by atoms with Crippen LogP contribution in [0.15, 0.2) is 24.3 Å². The van der Waals surface area contributed by atoms with Gasteiger partial charge in [-0.1, -0.05) is 18.2 Å². The predicted octanol–water partition coefficient (Wildman–Crippen LogP) is 1.76. The summed E-state index contributed by atoms with van der Waals surface area (Å²) in [5.41, 5.74) is 7.44. The molecule has 1 unspecified atom stereocenters. The molecular formula is C12H18N2O2S. The van der Waals surface area contributed by atoms with Crippen molar-refractivity contribution in [1.29, 1.82) is 0 Å². The van der Waals surface area contributed by atoms with E-state index in [1.54, 1.807) is 4.31 Å². The van der Waals surface area contributed by atoms with E-state index in [9.17, 15) is 8.42 Å². The summed E-state index contributed by atoms with van der Waals surface area (Å²) in [6, 6.07) is 7.27. The number of hydrogen-bond donors (Lipinski definition) is 1. The van der Waals surface area contributed by atoms with E-state index in [-0.39, 0.29) is 11.8 Å². The molecule has 0 aliphatic carbocycles. The van der Waals surface area contributed by atoms with Gasteiger partial charge in [-0.25, -0.2) is 8.42 Å². The molecule has 1 atom stereocenters. The molecule has 1 aromatic carbocycles. The van der Waals surface area contributed by atoms with Crippen molar-refractivity contribution in [3.05, 3.63) is 29.8 Å². The normalized spacial score (nSPS) is 22.2. The monoisotopic (exact) mass is 254 g/mol. The topological polar surface area (TPSA) is 63.4 Å². The zero-order valence-corrected chi connectivity index (χ0v) is 10.8. The van der Waals surface area contributed by atoms with Crippen molar-refractivity contribution < 1.29 is 8.42 Å². The van der Waals surface area contributed by atoms with Crippen LogP contribution in [-0.2, 0) is 10.0 Å². The third-order valence-electron chi connectivity index (χ3n) is 3.27. The Bertz CT molecular complexity index is 499. The molecule has 1 heterocycles. The summed E-state index contributed by atoms with van der Waals surface area (Å²) in [7, 11) is -3.11. The lowest BCUT2D eigenvalue weighted by molar-refractivity contribution is 0.322. The van der Waals surface area contributed by atoms with Gasteiger partial charge in [0.05, 0.1) is 5.75 Å². The zero-order chi connectivity index (χ0) is 12.5. The molecule has 1 saturated heterocycles. The van der Waals surface area contributed by atoms with Crippen LogP contribution < -0.4 is 5.73 Å². The molecule has 1 aromatic rings. The summed E-state index contributed by atoms with van der Waals surface area (Å²) >= 11 is 0. The second-order valence-electron chi connectivity index (χ2n) is 4.44. The van der Waals surface area contributed by atoms with Gasteiger partial charge in [0.15, 0.2) is 0 Å². The SMILES string of the molecule is CC(c1ccccc1N)N1CCCCS1(=O)=O. The predicted molar refractivity (Wildman–Crippen MR) is 69.0 cm³/mol. The molecule has 5 heteroatoms. The third-order valence-corrected chi connectivity index (χ3v) is 5.28. The van der Waals surface area contributed by atoms with Gasteiger partial charge in [0.25, 0.3) is 0 Å². The molecule has 0 spiro atoms. The number of rotatable bonds is 2. The fourth-order valence-corrected chi connectivity index (χ4v) is 4.10. The van der Waals surface area contributed by atoms with Crippen LogP contribution >= 0.6 is 0 Å². The maximum Gasteiger partial charge on any atom is 0.214 e. The molecule has 1 aliphatic rings. The second-order valence-corrected chi connectivity index (χ2v) is 6.48. The van der Waals surface area contributed by atoms with E-state index < -0.39 is 10.0 Å². The highest BCUT2D eigenvalue weighted by Crippen LogP contribution is 2.30. The Balaban J connectivity index is 2.31. The molecule has 2 N–H and O–H groups in total. The van der Waals surface area contributed by atoms with Crippen LogP contribution in [-0.4, -0.2) is 25.0 Å². The van der Waals surface area contributed by atoms with Crippen LogP contribution in [0.2, 0.25) is 0 Å². The summed E-state index contributed by atoms with van der Waals surface area (Å²) in [5, 5.41) is 0. The Hall–Kier alpha value is -1.07. The van der Waals surface area contributed by atoms with E-state index in [2.05, 4.69) is 0 Å². The molecule has 0 bridgehead atoms. The lowest BCUT2D eigenvalue weighted by Crippen LogP contribution is -2.39. The summed E-state index contributed by atoms with van der Waals surface area (Å²) < 4.78 is 25.6.